The first-order valence-corrected chi connectivity index (χ1v) is 7.30. The van der Waals surface area contributed by atoms with Crippen LogP contribution in [0, 0.1) is 11.3 Å². The van der Waals surface area contributed by atoms with Crippen molar-refractivity contribution in [3.8, 4) is 6.07 Å². The molecule has 0 saturated heterocycles. The molecule has 3 N–H and O–H groups in total. The third kappa shape index (κ3) is 3.82. The van der Waals surface area contributed by atoms with Crippen molar-refractivity contribution in [3.63, 3.8) is 0 Å². The van der Waals surface area contributed by atoms with Crippen molar-refractivity contribution >= 4 is 34.5 Å². The third-order valence-electron chi connectivity index (χ3n) is 3.05. The fourth-order valence-electron chi connectivity index (χ4n) is 1.88. The molecular weight excluding hydrogens is 346 g/mol. The molecule has 9 nitrogen and oxygen atoms in total. The first-order chi connectivity index (χ1) is 12.2. The Labute approximate surface area is 146 Å². The molecule has 3 rings (SSSR count). The number of carbonyl (C=O) groups excluding carboxylic acids is 1. The van der Waals surface area contributed by atoms with Gasteiger partial charge in [0.1, 0.15) is 11.6 Å². The first kappa shape index (κ1) is 16.2. The molecular formula is C15H10ClN7O2. The standard InChI is InChI=1S/C15H10ClN7O2/c16-11-4-3-10(18-8-9(7-17)14-20-22-23-21-14)6-12(11)19-15(24)13-2-1-5-25-13/h1-6,8,18H,(H,19,24)(H,20,21,22,23). The maximum atomic E-state index is 12.0. The summed E-state index contributed by atoms with van der Waals surface area (Å²) in [5.41, 5.74) is 1.17. The molecule has 0 aliphatic carbocycles. The Morgan fingerprint density at radius 2 is 2.28 bits per heavy atom. The summed E-state index contributed by atoms with van der Waals surface area (Å²) in [7, 11) is 0. The van der Waals surface area contributed by atoms with Gasteiger partial charge in [-0.05, 0) is 35.5 Å². The molecule has 0 fully saturated rings. The van der Waals surface area contributed by atoms with Crippen LogP contribution in [0.3, 0.4) is 0 Å². The Balaban J connectivity index is 1.77. The number of halogens is 1. The summed E-state index contributed by atoms with van der Waals surface area (Å²) in [6, 6.07) is 10.0. The van der Waals surface area contributed by atoms with Crippen LogP contribution >= 0.6 is 11.6 Å². The maximum absolute atomic E-state index is 12.0. The highest BCUT2D eigenvalue weighted by Crippen LogP contribution is 2.26. The Bertz CT molecular complexity index is 943. The van der Waals surface area contributed by atoms with E-state index < -0.39 is 5.91 Å². The Hall–Kier alpha value is -3.64. The average Bonchev–Trinajstić information content (AvgIpc) is 3.31. The SMILES string of the molecule is N#CC(=CNc1ccc(Cl)c(NC(=O)c2ccco2)c1)c1nn[nH]n1. The highest BCUT2D eigenvalue weighted by atomic mass is 35.5. The number of aromatic nitrogens is 4. The van der Waals surface area contributed by atoms with E-state index in [4.69, 9.17) is 21.3 Å². The van der Waals surface area contributed by atoms with Gasteiger partial charge in [0.25, 0.3) is 5.91 Å². The Morgan fingerprint density at radius 3 is 2.96 bits per heavy atom. The van der Waals surface area contributed by atoms with Crippen molar-refractivity contribution in [1.82, 2.24) is 20.6 Å². The number of benzene rings is 1. The highest BCUT2D eigenvalue weighted by Gasteiger charge is 2.11. The fraction of sp³-hybridized carbons (Fsp3) is 0. The summed E-state index contributed by atoms with van der Waals surface area (Å²) in [6.07, 6.45) is 2.83. The molecule has 0 unspecified atom stereocenters. The number of allylic oxidation sites excluding steroid dienone is 1. The smallest absolute Gasteiger partial charge is 0.291 e. The number of nitrogens with one attached hydrogen (secondary N) is 3. The quantitative estimate of drug-likeness (QED) is 0.599. The molecule has 0 saturated carbocycles. The van der Waals surface area contributed by atoms with E-state index >= 15 is 0 Å². The second-order valence-corrected chi connectivity index (χ2v) is 5.08. The van der Waals surface area contributed by atoms with Crippen molar-refractivity contribution in [1.29, 1.82) is 5.26 Å². The van der Waals surface area contributed by atoms with Gasteiger partial charge in [0, 0.05) is 11.9 Å². The molecule has 25 heavy (non-hydrogen) atoms. The molecule has 0 atom stereocenters. The van der Waals surface area contributed by atoms with Gasteiger partial charge in [0.15, 0.2) is 5.76 Å². The van der Waals surface area contributed by atoms with Crippen LogP contribution in [0.4, 0.5) is 11.4 Å². The van der Waals surface area contributed by atoms with Crippen LogP contribution in [0.2, 0.25) is 5.02 Å². The van der Waals surface area contributed by atoms with Crippen molar-refractivity contribution in [2.45, 2.75) is 0 Å². The zero-order valence-corrected chi connectivity index (χ0v) is 13.3. The van der Waals surface area contributed by atoms with Gasteiger partial charge in [-0.1, -0.05) is 11.6 Å². The number of amides is 1. The van der Waals surface area contributed by atoms with E-state index in [1.807, 2.05) is 6.07 Å². The van der Waals surface area contributed by atoms with Crippen molar-refractivity contribution < 1.29 is 9.21 Å². The van der Waals surface area contributed by atoms with Crippen LogP contribution in [-0.4, -0.2) is 26.5 Å². The van der Waals surface area contributed by atoms with E-state index in [2.05, 4.69) is 31.3 Å². The minimum absolute atomic E-state index is 0.162. The van der Waals surface area contributed by atoms with Crippen LogP contribution in [0.5, 0.6) is 0 Å². The molecule has 2 aromatic heterocycles. The summed E-state index contributed by atoms with van der Waals surface area (Å²) in [6.45, 7) is 0. The van der Waals surface area contributed by atoms with Crippen molar-refractivity contribution in [3.05, 3.63) is 59.4 Å². The number of aromatic amines is 1. The lowest BCUT2D eigenvalue weighted by molar-refractivity contribution is 0.0996. The Kier molecular flexibility index (Phi) is 4.73. The van der Waals surface area contributed by atoms with Crippen LogP contribution < -0.4 is 10.6 Å². The van der Waals surface area contributed by atoms with E-state index in [1.165, 1.54) is 18.5 Å². The number of anilines is 2. The zero-order valence-electron chi connectivity index (χ0n) is 12.5. The van der Waals surface area contributed by atoms with E-state index in [0.717, 1.165) is 0 Å². The van der Waals surface area contributed by atoms with E-state index in [1.54, 1.807) is 24.3 Å². The molecule has 124 valence electrons. The van der Waals surface area contributed by atoms with Crippen LogP contribution in [0.25, 0.3) is 5.57 Å². The molecule has 3 aromatic rings. The monoisotopic (exact) mass is 355 g/mol. The summed E-state index contributed by atoms with van der Waals surface area (Å²) >= 11 is 6.10. The van der Waals surface area contributed by atoms with Crippen LogP contribution in [-0.2, 0) is 0 Å². The molecule has 1 aromatic carbocycles. The normalized spacial score (nSPS) is 11.0. The lowest BCUT2D eigenvalue weighted by Gasteiger charge is -2.08. The van der Waals surface area contributed by atoms with Crippen LogP contribution in [0.1, 0.15) is 16.4 Å². The van der Waals surface area contributed by atoms with Gasteiger partial charge in [-0.25, -0.2) is 0 Å². The topological polar surface area (TPSA) is 133 Å². The number of furan rings is 1. The molecule has 0 radical (unpaired) electrons. The fourth-order valence-corrected chi connectivity index (χ4v) is 2.05. The van der Waals surface area contributed by atoms with Crippen molar-refractivity contribution in [2.75, 3.05) is 10.6 Å². The van der Waals surface area contributed by atoms with Gasteiger partial charge in [0.2, 0.25) is 5.82 Å². The molecule has 0 aliphatic heterocycles. The second kappa shape index (κ2) is 7.29. The number of nitrogens with zero attached hydrogens (tertiary/aromatic N) is 4. The van der Waals surface area contributed by atoms with Crippen LogP contribution in [0.15, 0.2) is 47.2 Å². The molecule has 10 heteroatoms. The average molecular weight is 356 g/mol. The number of hydrogen-bond donors (Lipinski definition) is 3. The molecule has 0 bridgehead atoms. The minimum atomic E-state index is -0.427. The van der Waals surface area contributed by atoms with E-state index in [0.29, 0.717) is 16.4 Å². The largest absolute Gasteiger partial charge is 0.459 e. The van der Waals surface area contributed by atoms with Gasteiger partial charge in [-0.3, -0.25) is 4.79 Å². The highest BCUT2D eigenvalue weighted by molar-refractivity contribution is 6.34. The lowest BCUT2D eigenvalue weighted by atomic mass is 10.2. The predicted molar refractivity (Wildman–Crippen MR) is 89.5 cm³/mol. The summed E-state index contributed by atoms with van der Waals surface area (Å²) < 4.78 is 5.03. The number of rotatable bonds is 5. The summed E-state index contributed by atoms with van der Waals surface area (Å²) in [5.74, 6) is -0.0994. The van der Waals surface area contributed by atoms with E-state index in [-0.39, 0.29) is 17.2 Å². The van der Waals surface area contributed by atoms with Crippen molar-refractivity contribution in [2.24, 2.45) is 0 Å². The van der Waals surface area contributed by atoms with Gasteiger partial charge in [0.05, 0.1) is 17.0 Å². The number of carbonyl (C=O) groups is 1. The number of H-pyrrole nitrogens is 1. The molecule has 0 aliphatic rings. The van der Waals surface area contributed by atoms with Gasteiger partial charge < -0.3 is 15.1 Å². The maximum Gasteiger partial charge on any atom is 0.291 e. The minimum Gasteiger partial charge on any atom is -0.459 e. The van der Waals surface area contributed by atoms with Gasteiger partial charge in [-0.15, -0.1) is 10.2 Å². The third-order valence-corrected chi connectivity index (χ3v) is 3.38. The number of tetrazole rings is 1. The predicted octanol–water partition coefficient (Wildman–Crippen LogP) is 2.67. The Morgan fingerprint density at radius 1 is 1.40 bits per heavy atom. The number of nitriles is 1. The lowest BCUT2D eigenvalue weighted by Crippen LogP contribution is -2.11. The first-order valence-electron chi connectivity index (χ1n) is 6.92. The number of hydrogen-bond acceptors (Lipinski definition) is 7. The van der Waals surface area contributed by atoms with Gasteiger partial charge >= 0.3 is 0 Å². The van der Waals surface area contributed by atoms with Gasteiger partial charge in [-0.2, -0.15) is 10.5 Å². The molecule has 0 spiro atoms. The zero-order chi connectivity index (χ0) is 17.6. The summed E-state index contributed by atoms with van der Waals surface area (Å²) in [4.78, 5) is 12.0. The second-order valence-electron chi connectivity index (χ2n) is 4.68. The molecule has 1 amide bonds. The van der Waals surface area contributed by atoms with E-state index in [9.17, 15) is 4.79 Å². The molecule has 2 heterocycles. The summed E-state index contributed by atoms with van der Waals surface area (Å²) in [5, 5.41) is 28.2.